The number of halogens is 8. The fourth-order valence-electron chi connectivity index (χ4n) is 4.29. The normalized spacial score (nSPS) is 12.7. The maximum atomic E-state index is 14.8. The smallest absolute Gasteiger partial charge is 0.416 e. The highest BCUT2D eigenvalue weighted by Crippen LogP contribution is 2.34. The molecule has 0 saturated carbocycles. The van der Waals surface area contributed by atoms with Crippen LogP contribution in [0.15, 0.2) is 84.9 Å². The van der Waals surface area contributed by atoms with Crippen LogP contribution in [-0.4, -0.2) is 11.7 Å². The van der Waals surface area contributed by atoms with Gasteiger partial charge in [-0.2, -0.15) is 26.3 Å². The Morgan fingerprint density at radius 2 is 1.43 bits per heavy atom. The van der Waals surface area contributed by atoms with Gasteiger partial charge in [0.2, 0.25) is 0 Å². The Kier molecular flexibility index (Phi) is 9.37. The quantitative estimate of drug-likeness (QED) is 0.191. The number of aliphatic hydroxyl groups excluding tert-OH is 1. The zero-order valence-corrected chi connectivity index (χ0v) is 22.9. The minimum absolute atomic E-state index is 0.0840. The Bertz CT molecular complexity index is 1520. The fourth-order valence-corrected chi connectivity index (χ4v) is 4.54. The molecule has 0 aliphatic rings. The van der Waals surface area contributed by atoms with E-state index in [0.717, 1.165) is 42.0 Å². The summed E-state index contributed by atoms with van der Waals surface area (Å²) in [5.74, 6) is -0.225. The standard InChI is InChI=1S/C31H25ClF7NO2/c1-2-19-14-26(12-13-27(19)32)42-25-5-3-4-24(16-25)40(17-21-8-11-23(15-28(21)33)31(37,38)39)18-29(41)20-6-9-22(10-7-20)30(34,35)36/h3-16,29,41H,2,17-18H2,1H3. The van der Waals surface area contributed by atoms with Crippen LogP contribution in [0.25, 0.3) is 0 Å². The third-order valence-corrected chi connectivity index (χ3v) is 6.94. The van der Waals surface area contributed by atoms with Crippen LogP contribution in [0.4, 0.5) is 36.4 Å². The summed E-state index contributed by atoms with van der Waals surface area (Å²) in [5.41, 5.74) is -0.669. The van der Waals surface area contributed by atoms with Crippen molar-refractivity contribution in [2.45, 2.75) is 38.3 Å². The number of anilines is 1. The third-order valence-electron chi connectivity index (χ3n) is 6.57. The first-order valence-corrected chi connectivity index (χ1v) is 13.1. The maximum Gasteiger partial charge on any atom is 0.416 e. The van der Waals surface area contributed by atoms with Gasteiger partial charge in [0.05, 0.1) is 17.2 Å². The summed E-state index contributed by atoms with van der Waals surface area (Å²) in [6.45, 7) is 1.45. The summed E-state index contributed by atoms with van der Waals surface area (Å²) in [4.78, 5) is 1.50. The Labute approximate surface area is 242 Å². The van der Waals surface area contributed by atoms with E-state index in [2.05, 4.69) is 0 Å². The van der Waals surface area contributed by atoms with Gasteiger partial charge in [0.1, 0.15) is 17.3 Å². The van der Waals surface area contributed by atoms with Gasteiger partial charge in [0, 0.05) is 35.4 Å². The molecule has 0 aromatic heterocycles. The molecule has 0 saturated heterocycles. The van der Waals surface area contributed by atoms with Crippen LogP contribution in [0, 0.1) is 5.82 Å². The molecule has 0 aliphatic heterocycles. The van der Waals surface area contributed by atoms with Crippen molar-refractivity contribution in [3.05, 3.63) is 124 Å². The van der Waals surface area contributed by atoms with Crippen LogP contribution in [0.5, 0.6) is 11.5 Å². The number of rotatable bonds is 9. The van der Waals surface area contributed by atoms with E-state index in [1.54, 1.807) is 42.5 Å². The topological polar surface area (TPSA) is 32.7 Å². The predicted octanol–water partition coefficient (Wildman–Crippen LogP) is 9.61. The summed E-state index contributed by atoms with van der Waals surface area (Å²) in [7, 11) is 0. The molecule has 0 amide bonds. The summed E-state index contributed by atoms with van der Waals surface area (Å²) >= 11 is 6.19. The van der Waals surface area contributed by atoms with Crippen LogP contribution in [0.2, 0.25) is 5.02 Å². The van der Waals surface area contributed by atoms with Gasteiger partial charge in [-0.15, -0.1) is 0 Å². The molecule has 0 heterocycles. The average molecular weight is 612 g/mol. The van der Waals surface area contributed by atoms with E-state index in [1.807, 2.05) is 6.92 Å². The van der Waals surface area contributed by atoms with Crippen LogP contribution in [0.1, 0.15) is 40.8 Å². The van der Waals surface area contributed by atoms with Crippen molar-refractivity contribution in [2.75, 3.05) is 11.4 Å². The van der Waals surface area contributed by atoms with Gasteiger partial charge >= 0.3 is 12.4 Å². The minimum Gasteiger partial charge on any atom is -0.457 e. The molecule has 222 valence electrons. The van der Waals surface area contributed by atoms with Gasteiger partial charge in [-0.05, 0) is 72.1 Å². The van der Waals surface area contributed by atoms with Crippen molar-refractivity contribution in [3.63, 3.8) is 0 Å². The number of ether oxygens (including phenoxy) is 1. The van der Waals surface area contributed by atoms with E-state index in [0.29, 0.717) is 34.7 Å². The molecule has 0 bridgehead atoms. The number of hydrogen-bond donors (Lipinski definition) is 1. The lowest BCUT2D eigenvalue weighted by atomic mass is 10.0. The summed E-state index contributed by atoms with van der Waals surface area (Å²) < 4.78 is 99.0. The van der Waals surface area contributed by atoms with E-state index >= 15 is 0 Å². The summed E-state index contributed by atoms with van der Waals surface area (Å²) in [6, 6.07) is 17.8. The van der Waals surface area contributed by atoms with E-state index in [4.69, 9.17) is 16.3 Å². The van der Waals surface area contributed by atoms with Crippen LogP contribution in [-0.2, 0) is 25.3 Å². The summed E-state index contributed by atoms with van der Waals surface area (Å²) in [5, 5.41) is 11.5. The van der Waals surface area contributed by atoms with E-state index in [1.165, 1.54) is 4.90 Å². The highest BCUT2D eigenvalue weighted by Gasteiger charge is 2.32. The largest absolute Gasteiger partial charge is 0.457 e. The van der Waals surface area contributed by atoms with Crippen molar-refractivity contribution < 1.29 is 40.6 Å². The van der Waals surface area contributed by atoms with Gasteiger partial charge in [-0.25, -0.2) is 4.39 Å². The Balaban J connectivity index is 1.65. The molecule has 3 nitrogen and oxygen atoms in total. The molecule has 42 heavy (non-hydrogen) atoms. The minimum atomic E-state index is -4.73. The van der Waals surface area contributed by atoms with E-state index < -0.39 is 35.4 Å². The van der Waals surface area contributed by atoms with Crippen molar-refractivity contribution in [3.8, 4) is 11.5 Å². The van der Waals surface area contributed by atoms with Crippen LogP contribution < -0.4 is 9.64 Å². The van der Waals surface area contributed by atoms with Crippen molar-refractivity contribution in [2.24, 2.45) is 0 Å². The molecule has 4 aromatic rings. The second-order valence-corrected chi connectivity index (χ2v) is 9.93. The van der Waals surface area contributed by atoms with Crippen molar-refractivity contribution >= 4 is 17.3 Å². The number of benzene rings is 4. The number of alkyl halides is 6. The molecule has 11 heteroatoms. The SMILES string of the molecule is CCc1cc(Oc2cccc(N(Cc3ccc(C(F)(F)F)cc3F)CC(O)c3ccc(C(F)(F)F)cc3)c2)ccc1Cl. The lowest BCUT2D eigenvalue weighted by molar-refractivity contribution is -0.138. The molecule has 4 aromatic carbocycles. The monoisotopic (exact) mass is 611 g/mol. The lowest BCUT2D eigenvalue weighted by Gasteiger charge is -2.28. The number of aryl methyl sites for hydroxylation is 1. The molecular weight excluding hydrogens is 587 g/mol. The van der Waals surface area contributed by atoms with Crippen molar-refractivity contribution in [1.82, 2.24) is 0 Å². The highest BCUT2D eigenvalue weighted by molar-refractivity contribution is 6.31. The average Bonchev–Trinajstić information content (AvgIpc) is 2.93. The zero-order chi connectivity index (χ0) is 30.7. The van der Waals surface area contributed by atoms with Gasteiger partial charge in [-0.1, -0.05) is 42.8 Å². The number of hydrogen-bond acceptors (Lipinski definition) is 3. The number of nitrogens with zero attached hydrogens (tertiary/aromatic N) is 1. The van der Waals surface area contributed by atoms with E-state index in [-0.39, 0.29) is 24.2 Å². The predicted molar refractivity (Wildman–Crippen MR) is 146 cm³/mol. The van der Waals surface area contributed by atoms with Gasteiger partial charge in [-0.3, -0.25) is 0 Å². The highest BCUT2D eigenvalue weighted by atomic mass is 35.5. The third kappa shape index (κ3) is 7.74. The molecule has 0 aliphatic carbocycles. The Hall–Kier alpha value is -3.76. The number of aliphatic hydroxyl groups is 1. The molecule has 0 spiro atoms. The second-order valence-electron chi connectivity index (χ2n) is 9.53. The first-order valence-electron chi connectivity index (χ1n) is 12.8. The van der Waals surface area contributed by atoms with Crippen LogP contribution in [0.3, 0.4) is 0 Å². The molecule has 1 atom stereocenters. The summed E-state index contributed by atoms with van der Waals surface area (Å²) in [6.07, 6.45) is -9.94. The van der Waals surface area contributed by atoms with E-state index in [9.17, 15) is 35.8 Å². The molecule has 1 unspecified atom stereocenters. The first kappa shape index (κ1) is 31.2. The fraction of sp³-hybridized carbons (Fsp3) is 0.226. The van der Waals surface area contributed by atoms with Gasteiger partial charge in [0.15, 0.2) is 0 Å². The zero-order valence-electron chi connectivity index (χ0n) is 22.1. The Morgan fingerprint density at radius 3 is 2.05 bits per heavy atom. The molecule has 4 rings (SSSR count). The van der Waals surface area contributed by atoms with Crippen molar-refractivity contribution in [1.29, 1.82) is 0 Å². The molecule has 0 fully saturated rings. The lowest BCUT2D eigenvalue weighted by Crippen LogP contribution is -2.28. The molecule has 0 radical (unpaired) electrons. The molecular formula is C31H25ClF7NO2. The first-order chi connectivity index (χ1) is 19.7. The Morgan fingerprint density at radius 1 is 0.786 bits per heavy atom. The van der Waals surface area contributed by atoms with Crippen LogP contribution >= 0.6 is 11.6 Å². The maximum absolute atomic E-state index is 14.8. The second kappa shape index (κ2) is 12.6. The van der Waals surface area contributed by atoms with Gasteiger partial charge in [0.25, 0.3) is 0 Å². The van der Waals surface area contributed by atoms with Gasteiger partial charge < -0.3 is 14.7 Å². The molecule has 1 N–H and O–H groups in total.